The van der Waals surface area contributed by atoms with Crippen LogP contribution in [0.25, 0.3) is 0 Å². The van der Waals surface area contributed by atoms with Crippen molar-refractivity contribution in [1.82, 2.24) is 0 Å². The zero-order chi connectivity index (χ0) is 21.8. The Morgan fingerprint density at radius 1 is 0.677 bits per heavy atom. The van der Waals surface area contributed by atoms with Crippen molar-refractivity contribution in [1.29, 1.82) is 0 Å². The van der Waals surface area contributed by atoms with Gasteiger partial charge in [-0.3, -0.25) is 8.61 Å². The van der Waals surface area contributed by atoms with Crippen LogP contribution in [0.15, 0.2) is 76.5 Å². The summed E-state index contributed by atoms with van der Waals surface area (Å²) in [7, 11) is -7.78. The first-order chi connectivity index (χ1) is 14.8. The van der Waals surface area contributed by atoms with Crippen molar-refractivity contribution >= 4 is 31.4 Å². The lowest BCUT2D eigenvalue weighted by Crippen LogP contribution is -2.31. The van der Waals surface area contributed by atoms with Gasteiger partial charge in [0, 0.05) is 13.1 Å². The molecule has 8 heteroatoms. The molecule has 0 saturated heterocycles. The maximum absolute atomic E-state index is 13.5. The molecular formula is C23H22N2O4S2. The maximum Gasteiger partial charge on any atom is 0.264 e. The van der Waals surface area contributed by atoms with E-state index in [1.165, 1.54) is 20.7 Å². The predicted octanol–water partition coefficient (Wildman–Crippen LogP) is 3.50. The first-order valence-corrected chi connectivity index (χ1v) is 13.0. The molecule has 0 aromatic heterocycles. The molecule has 160 valence electrons. The first kappa shape index (κ1) is 20.1. The average Bonchev–Trinajstić information content (AvgIpc) is 3.39. The zero-order valence-corrected chi connectivity index (χ0v) is 18.7. The van der Waals surface area contributed by atoms with Crippen LogP contribution in [0, 0.1) is 6.92 Å². The lowest BCUT2D eigenvalue weighted by Gasteiger charge is -2.23. The van der Waals surface area contributed by atoms with Gasteiger partial charge in [-0.05, 0) is 60.7 Å². The van der Waals surface area contributed by atoms with Crippen LogP contribution in [-0.4, -0.2) is 29.9 Å². The molecule has 3 aromatic carbocycles. The highest BCUT2D eigenvalue weighted by atomic mass is 32.2. The summed E-state index contributed by atoms with van der Waals surface area (Å²) in [5.41, 5.74) is 3.77. The Kier molecular flexibility index (Phi) is 4.60. The summed E-state index contributed by atoms with van der Waals surface area (Å²) in [6, 6.07) is 19.2. The van der Waals surface area contributed by atoms with Crippen molar-refractivity contribution in [3.8, 4) is 0 Å². The summed E-state index contributed by atoms with van der Waals surface area (Å²) >= 11 is 0. The fourth-order valence-corrected chi connectivity index (χ4v) is 7.74. The molecule has 0 unspecified atom stereocenters. The minimum atomic E-state index is -3.90. The van der Waals surface area contributed by atoms with Crippen molar-refractivity contribution in [3.05, 3.63) is 83.4 Å². The summed E-state index contributed by atoms with van der Waals surface area (Å²) in [4.78, 5) is 0.0126. The number of benzene rings is 3. The van der Waals surface area contributed by atoms with Crippen LogP contribution in [0.5, 0.6) is 0 Å². The van der Waals surface area contributed by atoms with Gasteiger partial charge in [-0.25, -0.2) is 16.8 Å². The van der Waals surface area contributed by atoms with Crippen LogP contribution in [0.1, 0.15) is 16.7 Å². The molecule has 0 bridgehead atoms. The minimum absolute atomic E-state index is 0.0131. The molecule has 2 heterocycles. The molecule has 2 aliphatic rings. The summed E-state index contributed by atoms with van der Waals surface area (Å²) in [5.74, 6) is 0. The lowest BCUT2D eigenvalue weighted by molar-refractivity contribution is 0.589. The van der Waals surface area contributed by atoms with E-state index in [0.29, 0.717) is 42.9 Å². The molecule has 0 radical (unpaired) electrons. The number of anilines is 2. The third-order valence-electron chi connectivity index (χ3n) is 6.00. The van der Waals surface area contributed by atoms with E-state index in [0.717, 1.165) is 11.1 Å². The molecule has 31 heavy (non-hydrogen) atoms. The van der Waals surface area contributed by atoms with E-state index in [-0.39, 0.29) is 9.79 Å². The second-order valence-corrected chi connectivity index (χ2v) is 11.5. The molecule has 0 N–H and O–H groups in total. The Morgan fingerprint density at radius 3 is 1.77 bits per heavy atom. The van der Waals surface area contributed by atoms with Crippen molar-refractivity contribution in [2.75, 3.05) is 21.7 Å². The molecule has 0 fully saturated rings. The van der Waals surface area contributed by atoms with E-state index in [2.05, 4.69) is 0 Å². The van der Waals surface area contributed by atoms with E-state index in [1.54, 1.807) is 25.1 Å². The van der Waals surface area contributed by atoms with Crippen LogP contribution in [0.3, 0.4) is 0 Å². The third kappa shape index (κ3) is 3.13. The van der Waals surface area contributed by atoms with Gasteiger partial charge in [0.25, 0.3) is 20.0 Å². The summed E-state index contributed by atoms with van der Waals surface area (Å²) in [6.07, 6.45) is 1.27. The Hall–Kier alpha value is -2.84. The summed E-state index contributed by atoms with van der Waals surface area (Å²) < 4.78 is 56.7. The Labute approximate surface area is 182 Å². The van der Waals surface area contributed by atoms with E-state index in [4.69, 9.17) is 0 Å². The molecule has 3 aromatic rings. The summed E-state index contributed by atoms with van der Waals surface area (Å²) in [6.45, 7) is 2.38. The normalized spacial score (nSPS) is 15.8. The molecule has 2 aliphatic heterocycles. The molecule has 0 aliphatic carbocycles. The lowest BCUT2D eigenvalue weighted by atomic mass is 10.2. The van der Waals surface area contributed by atoms with E-state index >= 15 is 0 Å². The number of fused-ring (bicyclic) bond motifs is 2. The Bertz CT molecular complexity index is 1400. The van der Waals surface area contributed by atoms with Crippen LogP contribution >= 0.6 is 0 Å². The molecule has 0 amide bonds. The van der Waals surface area contributed by atoms with Gasteiger partial charge in [0.15, 0.2) is 0 Å². The number of rotatable bonds is 4. The number of sulfonamides is 2. The highest BCUT2D eigenvalue weighted by Crippen LogP contribution is 2.36. The molecule has 0 atom stereocenters. The molecule has 6 nitrogen and oxygen atoms in total. The van der Waals surface area contributed by atoms with Crippen molar-refractivity contribution in [2.24, 2.45) is 0 Å². The number of para-hydroxylation sites is 2. The predicted molar refractivity (Wildman–Crippen MR) is 121 cm³/mol. The van der Waals surface area contributed by atoms with Crippen molar-refractivity contribution < 1.29 is 16.8 Å². The smallest absolute Gasteiger partial charge is 0.264 e. The van der Waals surface area contributed by atoms with Gasteiger partial charge in [-0.15, -0.1) is 0 Å². The monoisotopic (exact) mass is 454 g/mol. The molecule has 0 saturated carbocycles. The molecule has 5 rings (SSSR count). The quantitative estimate of drug-likeness (QED) is 0.605. The Balaban J connectivity index is 1.58. The van der Waals surface area contributed by atoms with Gasteiger partial charge in [0.2, 0.25) is 0 Å². The fraction of sp³-hybridized carbons (Fsp3) is 0.217. The van der Waals surface area contributed by atoms with E-state index in [1.807, 2.05) is 36.4 Å². The standard InChI is InChI=1S/C23H22N2O4S2/c1-17-10-11-20(30(26,27)24-14-12-18-6-2-4-8-21(18)24)16-23(17)31(28,29)25-15-13-19-7-3-5-9-22(19)25/h2-11,16H,12-15H2,1H3. The van der Waals surface area contributed by atoms with Crippen molar-refractivity contribution in [3.63, 3.8) is 0 Å². The highest BCUT2D eigenvalue weighted by molar-refractivity contribution is 7.93. The second kappa shape index (κ2) is 7.10. The van der Waals surface area contributed by atoms with Crippen LogP contribution in [-0.2, 0) is 32.9 Å². The SMILES string of the molecule is Cc1ccc(S(=O)(=O)N2CCc3ccccc32)cc1S(=O)(=O)N1CCc2ccccc21. The average molecular weight is 455 g/mol. The minimum Gasteiger partial charge on any atom is -0.266 e. The van der Waals surface area contributed by atoms with Gasteiger partial charge in [-0.1, -0.05) is 42.5 Å². The Morgan fingerprint density at radius 2 is 1.19 bits per heavy atom. The van der Waals surface area contributed by atoms with Gasteiger partial charge >= 0.3 is 0 Å². The zero-order valence-electron chi connectivity index (χ0n) is 17.0. The maximum atomic E-state index is 13.5. The van der Waals surface area contributed by atoms with E-state index < -0.39 is 20.0 Å². The number of hydrogen-bond donors (Lipinski definition) is 0. The summed E-state index contributed by atoms with van der Waals surface area (Å²) in [5, 5.41) is 0. The van der Waals surface area contributed by atoms with E-state index in [9.17, 15) is 16.8 Å². The largest absolute Gasteiger partial charge is 0.266 e. The van der Waals surface area contributed by atoms with Crippen molar-refractivity contribution in [2.45, 2.75) is 29.6 Å². The van der Waals surface area contributed by atoms with Gasteiger partial charge in [-0.2, -0.15) is 0 Å². The number of hydrogen-bond acceptors (Lipinski definition) is 4. The second-order valence-electron chi connectivity index (χ2n) is 7.84. The fourth-order valence-electron chi connectivity index (χ4n) is 4.38. The highest BCUT2D eigenvalue weighted by Gasteiger charge is 2.35. The van der Waals surface area contributed by atoms with Crippen LogP contribution in [0.2, 0.25) is 0 Å². The molecule has 0 spiro atoms. The van der Waals surface area contributed by atoms with Crippen LogP contribution in [0.4, 0.5) is 11.4 Å². The van der Waals surface area contributed by atoms with Gasteiger partial charge < -0.3 is 0 Å². The van der Waals surface area contributed by atoms with Gasteiger partial charge in [0.05, 0.1) is 21.2 Å². The number of aryl methyl sites for hydroxylation is 1. The first-order valence-electron chi connectivity index (χ1n) is 10.1. The topological polar surface area (TPSA) is 74.8 Å². The molecular weight excluding hydrogens is 432 g/mol. The third-order valence-corrected chi connectivity index (χ3v) is 9.77. The van der Waals surface area contributed by atoms with Gasteiger partial charge in [0.1, 0.15) is 0 Å². The number of nitrogens with zero attached hydrogens (tertiary/aromatic N) is 2. The van der Waals surface area contributed by atoms with Crippen LogP contribution < -0.4 is 8.61 Å².